The lowest BCUT2D eigenvalue weighted by Crippen LogP contribution is -2.39. The third kappa shape index (κ3) is 3.00. The standard InChI is InChI=1S/C11H18N2OS/c1-8(2)10-7-15-11(13-10)5-9-6-12-3-4-14-9/h7-9,12H,3-6H2,1-2H3. The highest BCUT2D eigenvalue weighted by molar-refractivity contribution is 7.09. The quantitative estimate of drug-likeness (QED) is 0.853. The summed E-state index contributed by atoms with van der Waals surface area (Å²) in [6.45, 7) is 7.12. The highest BCUT2D eigenvalue weighted by Crippen LogP contribution is 2.19. The average molecular weight is 226 g/mol. The van der Waals surface area contributed by atoms with Gasteiger partial charge in [0.2, 0.25) is 0 Å². The van der Waals surface area contributed by atoms with Gasteiger partial charge in [-0.2, -0.15) is 0 Å². The molecule has 3 nitrogen and oxygen atoms in total. The van der Waals surface area contributed by atoms with Crippen LogP contribution in [-0.2, 0) is 11.2 Å². The van der Waals surface area contributed by atoms with Gasteiger partial charge in [-0.1, -0.05) is 13.8 Å². The predicted octanol–water partition coefficient (Wildman–Crippen LogP) is 1.80. The third-order valence-electron chi connectivity index (χ3n) is 2.57. The van der Waals surface area contributed by atoms with Crippen molar-refractivity contribution in [1.29, 1.82) is 0 Å². The van der Waals surface area contributed by atoms with Crippen LogP contribution < -0.4 is 5.32 Å². The minimum atomic E-state index is 0.310. The zero-order chi connectivity index (χ0) is 10.7. The van der Waals surface area contributed by atoms with E-state index in [0.717, 1.165) is 26.1 Å². The first-order chi connectivity index (χ1) is 7.25. The minimum absolute atomic E-state index is 0.310. The molecule has 1 fully saturated rings. The molecule has 1 atom stereocenters. The number of thiazole rings is 1. The first-order valence-electron chi connectivity index (χ1n) is 5.52. The Labute approximate surface area is 94.9 Å². The lowest BCUT2D eigenvalue weighted by molar-refractivity contribution is 0.0292. The van der Waals surface area contributed by atoms with E-state index in [-0.39, 0.29) is 0 Å². The van der Waals surface area contributed by atoms with Crippen molar-refractivity contribution in [2.24, 2.45) is 0 Å². The zero-order valence-electron chi connectivity index (χ0n) is 9.32. The summed E-state index contributed by atoms with van der Waals surface area (Å²) < 4.78 is 5.66. The maximum absolute atomic E-state index is 5.66. The van der Waals surface area contributed by atoms with E-state index >= 15 is 0 Å². The van der Waals surface area contributed by atoms with E-state index in [0.29, 0.717) is 12.0 Å². The summed E-state index contributed by atoms with van der Waals surface area (Å²) in [5.74, 6) is 0.528. The molecule has 1 unspecified atom stereocenters. The van der Waals surface area contributed by atoms with Crippen molar-refractivity contribution in [3.05, 3.63) is 16.1 Å². The van der Waals surface area contributed by atoms with Gasteiger partial charge in [0.15, 0.2) is 0 Å². The lowest BCUT2D eigenvalue weighted by Gasteiger charge is -2.22. The van der Waals surface area contributed by atoms with Gasteiger partial charge in [0.25, 0.3) is 0 Å². The molecule has 1 aromatic heterocycles. The number of nitrogens with zero attached hydrogens (tertiary/aromatic N) is 1. The Morgan fingerprint density at radius 2 is 2.53 bits per heavy atom. The van der Waals surface area contributed by atoms with Crippen LogP contribution in [0.15, 0.2) is 5.38 Å². The normalized spacial score (nSPS) is 22.2. The monoisotopic (exact) mass is 226 g/mol. The van der Waals surface area contributed by atoms with Crippen molar-refractivity contribution in [2.45, 2.75) is 32.3 Å². The van der Waals surface area contributed by atoms with Gasteiger partial charge in [-0.25, -0.2) is 4.98 Å². The molecule has 2 rings (SSSR count). The molecule has 4 heteroatoms. The molecule has 15 heavy (non-hydrogen) atoms. The molecule has 0 aliphatic carbocycles. The molecule has 1 aliphatic rings. The van der Waals surface area contributed by atoms with Crippen molar-refractivity contribution < 1.29 is 4.74 Å². The third-order valence-corrected chi connectivity index (χ3v) is 3.46. The SMILES string of the molecule is CC(C)c1csc(CC2CNCCO2)n1. The molecular weight excluding hydrogens is 208 g/mol. The van der Waals surface area contributed by atoms with Gasteiger partial charge in [-0.15, -0.1) is 11.3 Å². The Balaban J connectivity index is 1.91. The van der Waals surface area contributed by atoms with Crippen LogP contribution >= 0.6 is 11.3 Å². The smallest absolute Gasteiger partial charge is 0.0954 e. The summed E-state index contributed by atoms with van der Waals surface area (Å²) >= 11 is 1.75. The predicted molar refractivity (Wildman–Crippen MR) is 62.5 cm³/mol. The minimum Gasteiger partial charge on any atom is -0.375 e. The second-order valence-electron chi connectivity index (χ2n) is 4.22. The topological polar surface area (TPSA) is 34.1 Å². The van der Waals surface area contributed by atoms with Crippen molar-refractivity contribution in [1.82, 2.24) is 10.3 Å². The molecule has 1 aromatic rings. The van der Waals surface area contributed by atoms with E-state index in [1.54, 1.807) is 11.3 Å². The van der Waals surface area contributed by atoms with E-state index < -0.39 is 0 Å². The van der Waals surface area contributed by atoms with Crippen LogP contribution in [0.1, 0.15) is 30.5 Å². The summed E-state index contributed by atoms with van der Waals surface area (Å²) in [4.78, 5) is 4.61. The molecule has 0 amide bonds. The fourth-order valence-corrected chi connectivity index (χ4v) is 2.65. The number of nitrogens with one attached hydrogen (secondary N) is 1. The number of hydrogen-bond donors (Lipinski definition) is 1. The molecule has 0 radical (unpaired) electrons. The zero-order valence-corrected chi connectivity index (χ0v) is 10.1. The van der Waals surface area contributed by atoms with E-state index in [2.05, 4.69) is 29.5 Å². The van der Waals surface area contributed by atoms with Gasteiger partial charge in [0.05, 0.1) is 23.4 Å². The molecule has 0 aromatic carbocycles. The number of hydrogen-bond acceptors (Lipinski definition) is 4. The highest BCUT2D eigenvalue weighted by Gasteiger charge is 2.16. The van der Waals surface area contributed by atoms with Crippen LogP contribution in [0.3, 0.4) is 0 Å². The van der Waals surface area contributed by atoms with E-state index in [9.17, 15) is 0 Å². The van der Waals surface area contributed by atoms with Gasteiger partial charge < -0.3 is 10.1 Å². The van der Waals surface area contributed by atoms with Crippen molar-refractivity contribution in [2.75, 3.05) is 19.7 Å². The Morgan fingerprint density at radius 1 is 1.67 bits per heavy atom. The highest BCUT2D eigenvalue weighted by atomic mass is 32.1. The second-order valence-corrected chi connectivity index (χ2v) is 5.16. The number of rotatable bonds is 3. The lowest BCUT2D eigenvalue weighted by atomic mass is 10.2. The molecule has 0 spiro atoms. The van der Waals surface area contributed by atoms with Crippen LogP contribution in [0.2, 0.25) is 0 Å². The van der Waals surface area contributed by atoms with E-state index in [1.165, 1.54) is 10.7 Å². The largest absolute Gasteiger partial charge is 0.375 e. The molecule has 1 aliphatic heterocycles. The number of morpholine rings is 1. The molecule has 0 saturated carbocycles. The maximum atomic E-state index is 5.66. The second kappa shape index (κ2) is 5.05. The van der Waals surface area contributed by atoms with Crippen molar-refractivity contribution >= 4 is 11.3 Å². The summed E-state index contributed by atoms with van der Waals surface area (Å²) in [6.07, 6.45) is 1.26. The summed E-state index contributed by atoms with van der Waals surface area (Å²) in [5.41, 5.74) is 1.21. The van der Waals surface area contributed by atoms with Gasteiger partial charge in [0, 0.05) is 24.9 Å². The van der Waals surface area contributed by atoms with Gasteiger partial charge in [0.1, 0.15) is 0 Å². The van der Waals surface area contributed by atoms with Crippen LogP contribution in [0.5, 0.6) is 0 Å². The van der Waals surface area contributed by atoms with Crippen LogP contribution in [0, 0.1) is 0 Å². The fourth-order valence-electron chi connectivity index (χ4n) is 1.63. The number of aromatic nitrogens is 1. The van der Waals surface area contributed by atoms with Gasteiger partial charge >= 0.3 is 0 Å². The molecule has 1 saturated heterocycles. The first-order valence-corrected chi connectivity index (χ1v) is 6.40. The van der Waals surface area contributed by atoms with E-state index in [1.807, 2.05) is 0 Å². The maximum Gasteiger partial charge on any atom is 0.0954 e. The van der Waals surface area contributed by atoms with Crippen LogP contribution in [0.4, 0.5) is 0 Å². The fraction of sp³-hybridized carbons (Fsp3) is 0.727. The number of ether oxygens (including phenoxy) is 1. The Hall–Kier alpha value is -0.450. The average Bonchev–Trinajstić information content (AvgIpc) is 2.68. The Kier molecular flexibility index (Phi) is 3.72. The molecule has 84 valence electrons. The van der Waals surface area contributed by atoms with Gasteiger partial charge in [-0.3, -0.25) is 0 Å². The van der Waals surface area contributed by atoms with Crippen LogP contribution in [-0.4, -0.2) is 30.8 Å². The molecular formula is C11H18N2OS. The molecule has 0 bridgehead atoms. The Bertz CT molecular complexity index is 305. The van der Waals surface area contributed by atoms with Crippen molar-refractivity contribution in [3.8, 4) is 0 Å². The van der Waals surface area contributed by atoms with Crippen molar-refractivity contribution in [3.63, 3.8) is 0 Å². The molecule has 2 heterocycles. The Morgan fingerprint density at radius 3 is 3.13 bits per heavy atom. The summed E-state index contributed by atoms with van der Waals surface area (Å²) in [7, 11) is 0. The van der Waals surface area contributed by atoms with E-state index in [4.69, 9.17) is 4.74 Å². The summed E-state index contributed by atoms with van der Waals surface area (Å²) in [5, 5.41) is 6.70. The first kappa shape index (κ1) is 11.0. The molecule has 1 N–H and O–H groups in total. The summed E-state index contributed by atoms with van der Waals surface area (Å²) in [6, 6.07) is 0. The van der Waals surface area contributed by atoms with Gasteiger partial charge in [-0.05, 0) is 5.92 Å². The van der Waals surface area contributed by atoms with Crippen LogP contribution in [0.25, 0.3) is 0 Å².